The van der Waals surface area contributed by atoms with Crippen LogP contribution in [0.5, 0.6) is 0 Å². The number of carbonyl (C=O) groups excluding carboxylic acids is 1. The number of carbonyl (C=O) groups is 1. The molecule has 0 spiro atoms. The van der Waals surface area contributed by atoms with E-state index < -0.39 is 0 Å². The van der Waals surface area contributed by atoms with Crippen molar-refractivity contribution in [1.29, 1.82) is 0 Å². The van der Waals surface area contributed by atoms with Crippen molar-refractivity contribution in [2.75, 3.05) is 6.54 Å². The van der Waals surface area contributed by atoms with Crippen LogP contribution in [0.4, 0.5) is 0 Å². The lowest BCUT2D eigenvalue weighted by molar-refractivity contribution is -0.120. The van der Waals surface area contributed by atoms with E-state index in [1.807, 2.05) is 30.3 Å². The molecule has 0 saturated carbocycles. The Balaban J connectivity index is 2.44. The van der Waals surface area contributed by atoms with Gasteiger partial charge in [-0.05, 0) is 12.5 Å². The van der Waals surface area contributed by atoms with E-state index in [-0.39, 0.29) is 5.91 Å². The molecule has 0 bridgehead atoms. The summed E-state index contributed by atoms with van der Waals surface area (Å²) in [5, 5.41) is 3.83. The van der Waals surface area contributed by atoms with Crippen LogP contribution in [-0.4, -0.2) is 18.2 Å². The van der Waals surface area contributed by atoms with Crippen LogP contribution in [0.25, 0.3) is 0 Å². The van der Waals surface area contributed by atoms with E-state index in [9.17, 15) is 4.79 Å². The Morgan fingerprint density at radius 1 is 1.40 bits per heavy atom. The largest absolute Gasteiger partial charge is 0.325 e. The molecule has 1 rings (SSSR count). The van der Waals surface area contributed by atoms with Gasteiger partial charge in [0.1, 0.15) is 0 Å². The molecular weight excluding hydrogens is 190 g/mol. The highest BCUT2D eigenvalue weighted by atomic mass is 16.2. The molecule has 4 nitrogen and oxygen atoms in total. The number of hydrogen-bond donors (Lipinski definition) is 2. The van der Waals surface area contributed by atoms with Gasteiger partial charge in [0.2, 0.25) is 5.91 Å². The van der Waals surface area contributed by atoms with Gasteiger partial charge < -0.3 is 5.73 Å². The summed E-state index contributed by atoms with van der Waals surface area (Å²) in [5.74, 6) is -0.131. The van der Waals surface area contributed by atoms with E-state index in [0.29, 0.717) is 18.7 Å². The highest BCUT2D eigenvalue weighted by molar-refractivity contribution is 5.86. The fraction of sp³-hybridized carbons (Fsp3) is 0.273. The Labute approximate surface area is 89.2 Å². The first-order chi connectivity index (χ1) is 7.22. The van der Waals surface area contributed by atoms with Crippen molar-refractivity contribution in [3.8, 4) is 0 Å². The Morgan fingerprint density at radius 2 is 2.07 bits per heavy atom. The summed E-state index contributed by atoms with van der Waals surface area (Å²) in [6.07, 6.45) is 0.336. The lowest BCUT2D eigenvalue weighted by Gasteiger charge is -2.01. The zero-order valence-corrected chi connectivity index (χ0v) is 8.73. The SMILES string of the molecule is CC(CN)=NNC(=O)Cc1ccccc1. The summed E-state index contributed by atoms with van der Waals surface area (Å²) in [7, 11) is 0. The molecule has 0 atom stereocenters. The van der Waals surface area contributed by atoms with Crippen LogP contribution in [0.2, 0.25) is 0 Å². The first-order valence-corrected chi connectivity index (χ1v) is 4.78. The average molecular weight is 205 g/mol. The lowest BCUT2D eigenvalue weighted by Crippen LogP contribution is -2.23. The zero-order valence-electron chi connectivity index (χ0n) is 8.73. The van der Waals surface area contributed by atoms with Crippen LogP contribution < -0.4 is 11.2 Å². The molecule has 1 aromatic rings. The van der Waals surface area contributed by atoms with E-state index in [4.69, 9.17) is 5.73 Å². The molecule has 3 N–H and O–H groups in total. The van der Waals surface area contributed by atoms with Crippen molar-refractivity contribution < 1.29 is 4.79 Å². The predicted molar refractivity (Wildman–Crippen MR) is 60.5 cm³/mol. The number of hydrazone groups is 1. The average Bonchev–Trinajstić information content (AvgIpc) is 2.27. The monoisotopic (exact) mass is 205 g/mol. The number of hydrogen-bond acceptors (Lipinski definition) is 3. The normalized spacial score (nSPS) is 11.2. The molecule has 0 fully saturated rings. The molecular formula is C11H15N3O. The van der Waals surface area contributed by atoms with Crippen LogP contribution >= 0.6 is 0 Å². The Kier molecular flexibility index (Phi) is 4.50. The van der Waals surface area contributed by atoms with Crippen LogP contribution in [0.3, 0.4) is 0 Å². The minimum atomic E-state index is -0.131. The van der Waals surface area contributed by atoms with E-state index in [1.165, 1.54) is 0 Å². The van der Waals surface area contributed by atoms with Crippen molar-refractivity contribution in [2.45, 2.75) is 13.3 Å². The molecule has 4 heteroatoms. The highest BCUT2D eigenvalue weighted by Crippen LogP contribution is 1.98. The molecule has 1 aromatic carbocycles. The minimum absolute atomic E-state index is 0.131. The second-order valence-electron chi connectivity index (χ2n) is 3.25. The smallest absolute Gasteiger partial charge is 0.244 e. The van der Waals surface area contributed by atoms with Crippen LogP contribution in [0, 0.1) is 0 Å². The van der Waals surface area contributed by atoms with Crippen molar-refractivity contribution in [3.05, 3.63) is 35.9 Å². The van der Waals surface area contributed by atoms with Crippen molar-refractivity contribution in [2.24, 2.45) is 10.8 Å². The topological polar surface area (TPSA) is 67.5 Å². The summed E-state index contributed by atoms with van der Waals surface area (Å²) in [6.45, 7) is 2.12. The standard InChI is InChI=1S/C11H15N3O/c1-9(8-12)13-14-11(15)7-10-5-3-2-4-6-10/h2-6H,7-8,12H2,1H3,(H,14,15). The minimum Gasteiger partial charge on any atom is -0.325 e. The fourth-order valence-corrected chi connectivity index (χ4v) is 1.02. The van der Waals surface area contributed by atoms with Gasteiger partial charge in [-0.3, -0.25) is 4.79 Å². The summed E-state index contributed by atoms with van der Waals surface area (Å²) >= 11 is 0. The van der Waals surface area contributed by atoms with Crippen LogP contribution in [0.15, 0.2) is 35.4 Å². The van der Waals surface area contributed by atoms with E-state index in [2.05, 4.69) is 10.5 Å². The Hall–Kier alpha value is -1.68. The second kappa shape index (κ2) is 5.93. The summed E-state index contributed by atoms with van der Waals surface area (Å²) in [5.41, 5.74) is 9.45. The van der Waals surface area contributed by atoms with Gasteiger partial charge in [0.05, 0.1) is 6.42 Å². The number of nitrogens with two attached hydrogens (primary N) is 1. The third-order valence-electron chi connectivity index (χ3n) is 1.87. The van der Waals surface area contributed by atoms with Gasteiger partial charge in [0, 0.05) is 12.3 Å². The fourth-order valence-electron chi connectivity index (χ4n) is 1.02. The molecule has 0 aliphatic heterocycles. The van der Waals surface area contributed by atoms with E-state index in [0.717, 1.165) is 5.56 Å². The van der Waals surface area contributed by atoms with Gasteiger partial charge >= 0.3 is 0 Å². The van der Waals surface area contributed by atoms with E-state index >= 15 is 0 Å². The second-order valence-corrected chi connectivity index (χ2v) is 3.25. The van der Waals surface area contributed by atoms with Gasteiger partial charge in [-0.25, -0.2) is 5.43 Å². The van der Waals surface area contributed by atoms with Gasteiger partial charge in [-0.2, -0.15) is 5.10 Å². The van der Waals surface area contributed by atoms with Crippen molar-refractivity contribution >= 4 is 11.6 Å². The highest BCUT2D eigenvalue weighted by Gasteiger charge is 2.00. The molecule has 15 heavy (non-hydrogen) atoms. The van der Waals surface area contributed by atoms with Crippen LogP contribution in [-0.2, 0) is 11.2 Å². The third kappa shape index (κ3) is 4.37. The molecule has 0 aliphatic rings. The number of nitrogens with one attached hydrogen (secondary N) is 1. The Bertz CT molecular complexity index is 346. The third-order valence-corrected chi connectivity index (χ3v) is 1.87. The lowest BCUT2D eigenvalue weighted by atomic mass is 10.1. The summed E-state index contributed by atoms with van der Waals surface area (Å²) in [4.78, 5) is 11.4. The van der Waals surface area contributed by atoms with E-state index in [1.54, 1.807) is 6.92 Å². The maximum Gasteiger partial charge on any atom is 0.244 e. The maximum atomic E-state index is 11.4. The van der Waals surface area contributed by atoms with Crippen LogP contribution in [0.1, 0.15) is 12.5 Å². The number of nitrogens with zero attached hydrogens (tertiary/aromatic N) is 1. The van der Waals surface area contributed by atoms with Gasteiger partial charge in [0.25, 0.3) is 0 Å². The summed E-state index contributed by atoms with van der Waals surface area (Å²) < 4.78 is 0. The first kappa shape index (κ1) is 11.4. The summed E-state index contributed by atoms with van der Waals surface area (Å²) in [6, 6.07) is 9.52. The van der Waals surface area contributed by atoms with Gasteiger partial charge in [-0.15, -0.1) is 0 Å². The van der Waals surface area contributed by atoms with Gasteiger partial charge in [0.15, 0.2) is 0 Å². The van der Waals surface area contributed by atoms with Gasteiger partial charge in [-0.1, -0.05) is 30.3 Å². The molecule has 0 aromatic heterocycles. The predicted octanol–water partition coefficient (Wildman–Crippen LogP) is 0.680. The number of rotatable bonds is 4. The molecule has 0 heterocycles. The molecule has 0 aliphatic carbocycles. The van der Waals surface area contributed by atoms with Crippen molar-refractivity contribution in [3.63, 3.8) is 0 Å². The zero-order chi connectivity index (χ0) is 11.1. The number of benzene rings is 1. The molecule has 0 saturated heterocycles. The maximum absolute atomic E-state index is 11.4. The molecule has 0 radical (unpaired) electrons. The van der Waals surface area contributed by atoms with Crippen molar-refractivity contribution in [1.82, 2.24) is 5.43 Å². The first-order valence-electron chi connectivity index (χ1n) is 4.78. The Morgan fingerprint density at radius 3 is 2.67 bits per heavy atom. The molecule has 80 valence electrons. The number of amides is 1. The quantitative estimate of drug-likeness (QED) is 0.560. The molecule has 1 amide bonds. The molecule has 0 unspecified atom stereocenters.